The molecule has 5 heteroatoms. The predicted octanol–water partition coefficient (Wildman–Crippen LogP) is 4.22. The Balaban J connectivity index is 1.86. The predicted molar refractivity (Wildman–Crippen MR) is 93.5 cm³/mol. The number of piperidine rings is 1. The monoisotopic (exact) mass is 327 g/mol. The van der Waals surface area contributed by atoms with Crippen molar-refractivity contribution < 1.29 is 9.52 Å². The normalized spacial score (nSPS) is 15.2. The van der Waals surface area contributed by atoms with Gasteiger partial charge in [-0.25, -0.2) is 0 Å². The Morgan fingerprint density at radius 1 is 1.13 bits per heavy atom. The Labute approximate surface area is 137 Å². The van der Waals surface area contributed by atoms with E-state index in [0.717, 1.165) is 37.1 Å². The molecule has 1 aliphatic rings. The molecule has 1 saturated heterocycles. The van der Waals surface area contributed by atoms with Gasteiger partial charge in [-0.05, 0) is 37.0 Å². The highest BCUT2D eigenvalue weighted by atomic mass is 32.1. The van der Waals surface area contributed by atoms with Crippen molar-refractivity contribution in [2.45, 2.75) is 19.3 Å². The first-order chi connectivity index (χ1) is 11.2. The summed E-state index contributed by atoms with van der Waals surface area (Å²) >= 11 is 1.39. The summed E-state index contributed by atoms with van der Waals surface area (Å²) in [6.07, 6.45) is 3.49. The highest BCUT2D eigenvalue weighted by molar-refractivity contribution is 7.17. The highest BCUT2D eigenvalue weighted by Crippen LogP contribution is 2.35. The van der Waals surface area contributed by atoms with Gasteiger partial charge in [0, 0.05) is 30.1 Å². The summed E-state index contributed by atoms with van der Waals surface area (Å²) in [5.41, 5.74) is 2.34. The van der Waals surface area contributed by atoms with Crippen LogP contribution >= 0.6 is 11.3 Å². The molecular formula is C18H17NO3S. The van der Waals surface area contributed by atoms with Gasteiger partial charge in [-0.1, -0.05) is 12.1 Å². The third-order valence-corrected chi connectivity index (χ3v) is 5.23. The largest absolute Gasteiger partial charge is 0.508 e. The smallest absolute Gasteiger partial charge is 0.204 e. The maximum atomic E-state index is 12.4. The van der Waals surface area contributed by atoms with Gasteiger partial charge in [0.25, 0.3) is 0 Å². The zero-order valence-electron chi connectivity index (χ0n) is 12.6. The molecule has 2 aromatic heterocycles. The van der Waals surface area contributed by atoms with Crippen molar-refractivity contribution in [3.63, 3.8) is 0 Å². The topological polar surface area (TPSA) is 53.7 Å². The number of aromatic hydroxyl groups is 1. The number of hydrogen-bond donors (Lipinski definition) is 1. The second-order valence-corrected chi connectivity index (χ2v) is 6.73. The van der Waals surface area contributed by atoms with Gasteiger partial charge in [0.15, 0.2) is 11.5 Å². The number of fused-ring (bicyclic) bond motifs is 1. The lowest BCUT2D eigenvalue weighted by atomic mass is 10.1. The van der Waals surface area contributed by atoms with E-state index in [-0.39, 0.29) is 11.2 Å². The van der Waals surface area contributed by atoms with E-state index in [9.17, 15) is 9.90 Å². The Bertz CT molecular complexity index is 906. The van der Waals surface area contributed by atoms with E-state index in [1.54, 1.807) is 24.3 Å². The van der Waals surface area contributed by atoms with E-state index in [4.69, 9.17) is 4.42 Å². The fourth-order valence-corrected chi connectivity index (χ4v) is 3.99. The molecule has 4 nitrogen and oxygen atoms in total. The first kappa shape index (κ1) is 14.3. The van der Waals surface area contributed by atoms with Crippen LogP contribution in [-0.4, -0.2) is 18.2 Å². The zero-order valence-corrected chi connectivity index (χ0v) is 13.4. The first-order valence-corrected chi connectivity index (χ1v) is 8.70. The summed E-state index contributed by atoms with van der Waals surface area (Å²) in [5, 5.41) is 11.6. The average molecular weight is 327 g/mol. The van der Waals surface area contributed by atoms with Crippen LogP contribution in [0.3, 0.4) is 0 Å². The molecular weight excluding hydrogens is 310 g/mol. The molecule has 0 unspecified atom stereocenters. The Hall–Kier alpha value is -2.27. The molecule has 3 aromatic rings. The van der Waals surface area contributed by atoms with Crippen LogP contribution in [0.15, 0.2) is 44.9 Å². The second-order valence-electron chi connectivity index (χ2n) is 5.85. The number of phenolic OH excluding ortho intramolecular Hbond substituents is 1. The van der Waals surface area contributed by atoms with E-state index < -0.39 is 0 Å². The van der Waals surface area contributed by atoms with Gasteiger partial charge in [-0.3, -0.25) is 4.79 Å². The number of hydrogen-bond acceptors (Lipinski definition) is 5. The quantitative estimate of drug-likeness (QED) is 0.766. The van der Waals surface area contributed by atoms with E-state index >= 15 is 0 Å². The number of benzene rings is 1. The first-order valence-electron chi connectivity index (χ1n) is 7.82. The highest BCUT2D eigenvalue weighted by Gasteiger charge is 2.18. The molecule has 0 bridgehead atoms. The lowest BCUT2D eigenvalue weighted by Crippen LogP contribution is -2.29. The lowest BCUT2D eigenvalue weighted by molar-refractivity contribution is 0.475. The number of phenols is 1. The fourth-order valence-electron chi connectivity index (χ4n) is 3.07. The number of rotatable bonds is 2. The molecule has 4 rings (SSSR count). The van der Waals surface area contributed by atoms with Crippen LogP contribution in [0.25, 0.3) is 21.4 Å². The van der Waals surface area contributed by atoms with Gasteiger partial charge < -0.3 is 14.4 Å². The number of thiophene rings is 1. The molecule has 0 saturated carbocycles. The summed E-state index contributed by atoms with van der Waals surface area (Å²) in [6, 6.07) is 8.63. The Kier molecular flexibility index (Phi) is 3.58. The van der Waals surface area contributed by atoms with E-state index in [1.165, 1.54) is 17.8 Å². The second kappa shape index (κ2) is 5.74. The van der Waals surface area contributed by atoms with Crippen molar-refractivity contribution in [1.29, 1.82) is 0 Å². The van der Waals surface area contributed by atoms with E-state index in [0.29, 0.717) is 16.2 Å². The maximum absolute atomic E-state index is 12.4. The van der Waals surface area contributed by atoms with Crippen LogP contribution in [0.2, 0.25) is 0 Å². The van der Waals surface area contributed by atoms with Crippen molar-refractivity contribution in [3.05, 3.63) is 45.9 Å². The summed E-state index contributed by atoms with van der Waals surface area (Å²) in [7, 11) is 0. The minimum Gasteiger partial charge on any atom is -0.508 e. The molecule has 118 valence electrons. The number of anilines is 1. The molecule has 0 radical (unpaired) electrons. The molecule has 0 amide bonds. The molecule has 0 atom stereocenters. The SMILES string of the molecule is O=c1cc(N2CCCCC2)oc2c(-c3cccc(O)c3)csc12. The third kappa shape index (κ3) is 2.61. The van der Waals surface area contributed by atoms with Gasteiger partial charge in [-0.2, -0.15) is 0 Å². The van der Waals surface area contributed by atoms with Crippen LogP contribution < -0.4 is 10.3 Å². The maximum Gasteiger partial charge on any atom is 0.204 e. The van der Waals surface area contributed by atoms with Crippen LogP contribution in [0.5, 0.6) is 5.75 Å². The van der Waals surface area contributed by atoms with Gasteiger partial charge in [0.1, 0.15) is 10.4 Å². The lowest BCUT2D eigenvalue weighted by Gasteiger charge is -2.26. The van der Waals surface area contributed by atoms with Crippen LogP contribution in [0.4, 0.5) is 5.88 Å². The van der Waals surface area contributed by atoms with Crippen molar-refractivity contribution in [1.82, 2.24) is 0 Å². The van der Waals surface area contributed by atoms with E-state index in [2.05, 4.69) is 4.90 Å². The van der Waals surface area contributed by atoms with Crippen LogP contribution in [0.1, 0.15) is 19.3 Å². The zero-order chi connectivity index (χ0) is 15.8. The average Bonchev–Trinajstić information content (AvgIpc) is 3.00. The molecule has 0 aliphatic carbocycles. The van der Waals surface area contributed by atoms with Crippen LogP contribution in [-0.2, 0) is 0 Å². The Morgan fingerprint density at radius 3 is 2.74 bits per heavy atom. The molecule has 1 aliphatic heterocycles. The summed E-state index contributed by atoms with van der Waals surface area (Å²) in [4.78, 5) is 14.6. The summed E-state index contributed by atoms with van der Waals surface area (Å²) in [5.74, 6) is 0.860. The minimum absolute atomic E-state index is 0.00299. The Morgan fingerprint density at radius 2 is 1.96 bits per heavy atom. The van der Waals surface area contributed by atoms with Crippen molar-refractivity contribution >= 4 is 27.5 Å². The molecule has 23 heavy (non-hydrogen) atoms. The molecule has 1 N–H and O–H groups in total. The molecule has 1 fully saturated rings. The third-order valence-electron chi connectivity index (χ3n) is 4.26. The number of nitrogens with zero attached hydrogens (tertiary/aromatic N) is 1. The van der Waals surface area contributed by atoms with Gasteiger partial charge >= 0.3 is 0 Å². The minimum atomic E-state index is 0.00299. The standard InChI is InChI=1S/C18H17NO3S/c20-13-6-4-5-12(9-13)14-11-23-18-15(21)10-16(22-17(14)18)19-7-2-1-3-8-19/h4-6,9-11,20H,1-3,7-8H2. The van der Waals surface area contributed by atoms with Gasteiger partial charge in [0.2, 0.25) is 5.43 Å². The van der Waals surface area contributed by atoms with E-state index in [1.807, 2.05) is 11.4 Å². The van der Waals surface area contributed by atoms with Gasteiger partial charge in [0.05, 0.1) is 0 Å². The fraction of sp³-hybridized carbons (Fsp3) is 0.278. The van der Waals surface area contributed by atoms with Crippen molar-refractivity contribution in [3.8, 4) is 16.9 Å². The van der Waals surface area contributed by atoms with Crippen molar-refractivity contribution in [2.24, 2.45) is 0 Å². The molecule has 1 aromatic carbocycles. The summed E-state index contributed by atoms with van der Waals surface area (Å²) < 4.78 is 6.73. The molecule has 3 heterocycles. The van der Waals surface area contributed by atoms with Gasteiger partial charge in [-0.15, -0.1) is 11.3 Å². The molecule has 0 spiro atoms. The summed E-state index contributed by atoms with van der Waals surface area (Å²) in [6.45, 7) is 1.86. The van der Waals surface area contributed by atoms with Crippen LogP contribution in [0, 0.1) is 0 Å². The van der Waals surface area contributed by atoms with Crippen molar-refractivity contribution in [2.75, 3.05) is 18.0 Å².